The Bertz CT molecular complexity index is 269. The van der Waals surface area contributed by atoms with Gasteiger partial charge in [0.25, 0.3) is 0 Å². The molecule has 80 valence electrons. The van der Waals surface area contributed by atoms with E-state index in [0.29, 0.717) is 5.76 Å². The van der Waals surface area contributed by atoms with Crippen LogP contribution in [0.2, 0.25) is 0 Å². The molecule has 0 unspecified atom stereocenters. The second-order valence-corrected chi connectivity index (χ2v) is 4.83. The third-order valence-electron chi connectivity index (χ3n) is 3.60. The predicted octanol–water partition coefficient (Wildman–Crippen LogP) is 4.36. The van der Waals surface area contributed by atoms with Crippen molar-refractivity contribution in [3.05, 3.63) is 23.0 Å². The van der Waals surface area contributed by atoms with Crippen LogP contribution in [0.15, 0.2) is 23.0 Å². The molecule has 0 bridgehead atoms. The van der Waals surface area contributed by atoms with Gasteiger partial charge < -0.3 is 5.11 Å². The van der Waals surface area contributed by atoms with E-state index >= 15 is 0 Å². The van der Waals surface area contributed by atoms with Crippen molar-refractivity contribution >= 4 is 0 Å². The van der Waals surface area contributed by atoms with Crippen LogP contribution in [0.4, 0.5) is 0 Å². The van der Waals surface area contributed by atoms with Crippen LogP contribution in [0.25, 0.3) is 0 Å². The first-order valence-electron chi connectivity index (χ1n) is 5.58. The topological polar surface area (TPSA) is 20.2 Å². The minimum absolute atomic E-state index is 0.119. The predicted molar refractivity (Wildman–Crippen MR) is 61.3 cm³/mol. The molecule has 0 amide bonds. The maximum Gasteiger partial charge on any atom is 0.117 e. The molecule has 1 heteroatoms. The summed E-state index contributed by atoms with van der Waals surface area (Å²) in [6, 6.07) is 0. The largest absolute Gasteiger partial charge is 0.508 e. The first kappa shape index (κ1) is 11.4. The molecule has 1 nitrogen and oxygen atoms in total. The second kappa shape index (κ2) is 4.20. The van der Waals surface area contributed by atoms with E-state index in [1.807, 2.05) is 0 Å². The van der Waals surface area contributed by atoms with Crippen molar-refractivity contribution in [1.82, 2.24) is 0 Å². The zero-order valence-electron chi connectivity index (χ0n) is 9.85. The van der Waals surface area contributed by atoms with Crippen LogP contribution in [0.5, 0.6) is 0 Å². The fourth-order valence-electron chi connectivity index (χ4n) is 1.71. The number of rotatable bonds is 3. The van der Waals surface area contributed by atoms with Crippen LogP contribution in [0.3, 0.4) is 0 Å². The molecule has 1 aliphatic carbocycles. The lowest BCUT2D eigenvalue weighted by Gasteiger charge is -2.25. The van der Waals surface area contributed by atoms with Gasteiger partial charge in [-0.3, -0.25) is 0 Å². The van der Waals surface area contributed by atoms with Crippen LogP contribution in [0.1, 0.15) is 53.4 Å². The highest BCUT2D eigenvalue weighted by Gasteiger charge is 2.23. The zero-order valence-corrected chi connectivity index (χ0v) is 9.85. The molecule has 0 atom stereocenters. The molecule has 0 aromatic carbocycles. The van der Waals surface area contributed by atoms with Crippen molar-refractivity contribution < 1.29 is 5.11 Å². The number of allylic oxidation sites excluding steroid dienone is 3. The highest BCUT2D eigenvalue weighted by atomic mass is 16.3. The van der Waals surface area contributed by atoms with E-state index in [4.69, 9.17) is 0 Å². The van der Waals surface area contributed by atoms with E-state index in [1.54, 1.807) is 0 Å². The summed E-state index contributed by atoms with van der Waals surface area (Å²) in [5.74, 6) is 0.550. The molecule has 0 aromatic rings. The molecule has 0 saturated carbocycles. The van der Waals surface area contributed by atoms with Crippen molar-refractivity contribution in [3.8, 4) is 0 Å². The van der Waals surface area contributed by atoms with Crippen LogP contribution in [0, 0.1) is 5.41 Å². The fourth-order valence-corrected chi connectivity index (χ4v) is 1.71. The summed E-state index contributed by atoms with van der Waals surface area (Å²) in [5.41, 5.74) is 2.41. The molecule has 0 spiro atoms. The normalized spacial score (nSPS) is 19.3. The van der Waals surface area contributed by atoms with E-state index in [-0.39, 0.29) is 5.41 Å². The molecule has 14 heavy (non-hydrogen) atoms. The lowest BCUT2D eigenvalue weighted by Crippen LogP contribution is -2.13. The molecule has 0 radical (unpaired) electrons. The molecule has 0 fully saturated rings. The lowest BCUT2D eigenvalue weighted by molar-refractivity contribution is 0.360. The SMILES string of the molecule is CCC(C)(C)C(C)=C(O)C1=CCCC1. The number of hydrogen-bond acceptors (Lipinski definition) is 1. The maximum atomic E-state index is 10.1. The monoisotopic (exact) mass is 194 g/mol. The average Bonchev–Trinajstić information content (AvgIpc) is 2.68. The lowest BCUT2D eigenvalue weighted by atomic mass is 9.81. The third-order valence-corrected chi connectivity index (χ3v) is 3.60. The summed E-state index contributed by atoms with van der Waals surface area (Å²) in [6.07, 6.45) is 6.60. The standard InChI is InChI=1S/C13H22O/c1-5-13(3,4)10(2)12(14)11-8-6-7-9-11/h8,14H,5-7,9H2,1-4H3. The zero-order chi connectivity index (χ0) is 10.8. The number of aliphatic hydroxyl groups excluding tert-OH is 1. The quantitative estimate of drug-likeness (QED) is 0.662. The van der Waals surface area contributed by atoms with Gasteiger partial charge >= 0.3 is 0 Å². The third kappa shape index (κ3) is 2.20. The summed E-state index contributed by atoms with van der Waals surface area (Å²) in [4.78, 5) is 0. The Morgan fingerprint density at radius 1 is 1.50 bits per heavy atom. The summed E-state index contributed by atoms with van der Waals surface area (Å²) < 4.78 is 0. The van der Waals surface area contributed by atoms with Crippen molar-refractivity contribution in [2.45, 2.75) is 53.4 Å². The Morgan fingerprint density at radius 2 is 2.14 bits per heavy atom. The minimum atomic E-state index is 0.119. The van der Waals surface area contributed by atoms with Gasteiger partial charge in [-0.15, -0.1) is 0 Å². The fraction of sp³-hybridized carbons (Fsp3) is 0.692. The smallest absolute Gasteiger partial charge is 0.117 e. The highest BCUT2D eigenvalue weighted by Crippen LogP contribution is 2.35. The molecular weight excluding hydrogens is 172 g/mol. The van der Waals surface area contributed by atoms with Crippen molar-refractivity contribution in [3.63, 3.8) is 0 Å². The van der Waals surface area contributed by atoms with Crippen LogP contribution in [-0.4, -0.2) is 5.11 Å². The van der Waals surface area contributed by atoms with Crippen LogP contribution < -0.4 is 0 Å². The summed E-state index contributed by atoms with van der Waals surface area (Å²) >= 11 is 0. The molecule has 0 aromatic heterocycles. The van der Waals surface area contributed by atoms with Crippen LogP contribution >= 0.6 is 0 Å². The minimum Gasteiger partial charge on any atom is -0.508 e. The van der Waals surface area contributed by atoms with E-state index in [0.717, 1.165) is 30.4 Å². The molecule has 1 N–H and O–H groups in total. The van der Waals surface area contributed by atoms with Crippen molar-refractivity contribution in [1.29, 1.82) is 0 Å². The van der Waals surface area contributed by atoms with Gasteiger partial charge in [-0.2, -0.15) is 0 Å². The van der Waals surface area contributed by atoms with Gasteiger partial charge in [0.1, 0.15) is 5.76 Å². The van der Waals surface area contributed by atoms with Crippen molar-refractivity contribution in [2.75, 3.05) is 0 Å². The van der Waals surface area contributed by atoms with Crippen LogP contribution in [-0.2, 0) is 0 Å². The number of hydrogen-bond donors (Lipinski definition) is 1. The first-order valence-corrected chi connectivity index (χ1v) is 5.58. The van der Waals surface area contributed by atoms with Gasteiger partial charge in [-0.05, 0) is 49.2 Å². The van der Waals surface area contributed by atoms with Gasteiger partial charge in [0.15, 0.2) is 0 Å². The Morgan fingerprint density at radius 3 is 2.57 bits per heavy atom. The van der Waals surface area contributed by atoms with E-state index in [9.17, 15) is 5.11 Å². The molecule has 1 aliphatic rings. The Kier molecular flexibility index (Phi) is 3.41. The van der Waals surface area contributed by atoms with Gasteiger partial charge in [-0.25, -0.2) is 0 Å². The Labute approximate surface area is 87.5 Å². The van der Waals surface area contributed by atoms with Gasteiger partial charge in [-0.1, -0.05) is 26.8 Å². The average molecular weight is 194 g/mol. The number of aliphatic hydroxyl groups is 1. The molecule has 0 aliphatic heterocycles. The first-order chi connectivity index (χ1) is 6.49. The van der Waals surface area contributed by atoms with E-state index < -0.39 is 0 Å². The second-order valence-electron chi connectivity index (χ2n) is 4.83. The van der Waals surface area contributed by atoms with Gasteiger partial charge in [0, 0.05) is 0 Å². The maximum absolute atomic E-state index is 10.1. The Balaban J connectivity index is 2.92. The Hall–Kier alpha value is -0.720. The van der Waals surface area contributed by atoms with E-state index in [2.05, 4.69) is 33.8 Å². The highest BCUT2D eigenvalue weighted by molar-refractivity contribution is 5.33. The summed E-state index contributed by atoms with van der Waals surface area (Å²) in [6.45, 7) is 8.60. The molecular formula is C13H22O. The van der Waals surface area contributed by atoms with Gasteiger partial charge in [0.2, 0.25) is 0 Å². The van der Waals surface area contributed by atoms with Gasteiger partial charge in [0.05, 0.1) is 0 Å². The molecule has 0 saturated heterocycles. The summed E-state index contributed by atoms with van der Waals surface area (Å²) in [7, 11) is 0. The van der Waals surface area contributed by atoms with E-state index in [1.165, 1.54) is 6.42 Å². The molecule has 1 rings (SSSR count). The van der Waals surface area contributed by atoms with Crippen molar-refractivity contribution in [2.24, 2.45) is 5.41 Å². The molecule has 0 heterocycles. The summed E-state index contributed by atoms with van der Waals surface area (Å²) in [5, 5.41) is 10.1.